The van der Waals surface area contributed by atoms with E-state index in [9.17, 15) is 3.89 Å². The van der Waals surface area contributed by atoms with E-state index in [1.165, 1.54) is 4.09 Å². The summed E-state index contributed by atoms with van der Waals surface area (Å²) in [4.78, 5) is 8.80. The highest BCUT2D eigenvalue weighted by Crippen LogP contribution is 2.35. The van der Waals surface area contributed by atoms with Gasteiger partial charge in [0.1, 0.15) is 11.3 Å². The van der Waals surface area contributed by atoms with Gasteiger partial charge in [0.2, 0.25) is 0 Å². The van der Waals surface area contributed by atoms with Gasteiger partial charge in [-0.1, -0.05) is 6.07 Å². The van der Waals surface area contributed by atoms with Gasteiger partial charge in [-0.25, -0.2) is 4.98 Å². The summed E-state index contributed by atoms with van der Waals surface area (Å²) in [5.41, 5.74) is 5.70. The summed E-state index contributed by atoms with van der Waals surface area (Å²) < 4.78 is 16.5. The van der Waals surface area contributed by atoms with Gasteiger partial charge >= 0.3 is 0 Å². The third-order valence-electron chi connectivity index (χ3n) is 3.95. The van der Waals surface area contributed by atoms with Gasteiger partial charge in [0, 0.05) is 35.4 Å². The number of halogens is 1. The Morgan fingerprint density at radius 2 is 2.00 bits per heavy atom. The first-order chi connectivity index (χ1) is 11.7. The van der Waals surface area contributed by atoms with Crippen LogP contribution < -0.4 is 0 Å². The van der Waals surface area contributed by atoms with Crippen molar-refractivity contribution in [1.82, 2.24) is 23.6 Å². The molecule has 0 saturated carbocycles. The van der Waals surface area contributed by atoms with Crippen molar-refractivity contribution in [3.63, 3.8) is 0 Å². The maximum atomic E-state index is 13.3. The fourth-order valence-corrected chi connectivity index (χ4v) is 3.13. The molecule has 0 spiro atoms. The average Bonchev–Trinajstić information content (AvgIpc) is 3.18. The molecule has 0 aliphatic heterocycles. The van der Waals surface area contributed by atoms with Crippen molar-refractivity contribution in [2.24, 2.45) is 0 Å². The van der Waals surface area contributed by atoms with Crippen LogP contribution in [0.4, 0.5) is 3.89 Å². The van der Waals surface area contributed by atoms with Crippen LogP contribution in [0.2, 0.25) is 0 Å². The SMILES string of the molecule is Cc1cccc(-c2nn(SF)c(C)c2-c2ccc3nccn3c2)n1. The molecular weight excluding hydrogens is 325 g/mol. The van der Waals surface area contributed by atoms with Gasteiger partial charge in [0.05, 0.1) is 11.4 Å². The van der Waals surface area contributed by atoms with Crippen LogP contribution in [0.1, 0.15) is 11.4 Å². The summed E-state index contributed by atoms with van der Waals surface area (Å²) in [6.45, 7) is 3.78. The van der Waals surface area contributed by atoms with Gasteiger partial charge in [0.25, 0.3) is 0 Å². The molecule has 4 rings (SSSR count). The lowest BCUT2D eigenvalue weighted by atomic mass is 10.0. The lowest BCUT2D eigenvalue weighted by molar-refractivity contribution is 0.864. The van der Waals surface area contributed by atoms with E-state index in [0.717, 1.165) is 33.9 Å². The zero-order valence-corrected chi connectivity index (χ0v) is 14.0. The van der Waals surface area contributed by atoms with Crippen LogP contribution in [-0.4, -0.2) is 23.6 Å². The van der Waals surface area contributed by atoms with E-state index in [1.54, 1.807) is 6.20 Å². The number of imidazole rings is 1. The minimum atomic E-state index is 0.0879. The minimum absolute atomic E-state index is 0.0879. The predicted octanol–water partition coefficient (Wildman–Crippen LogP) is 4.26. The van der Waals surface area contributed by atoms with Crippen molar-refractivity contribution in [2.45, 2.75) is 13.8 Å². The van der Waals surface area contributed by atoms with Crippen LogP contribution in [0.25, 0.3) is 28.2 Å². The molecule has 4 heterocycles. The van der Waals surface area contributed by atoms with E-state index in [-0.39, 0.29) is 12.3 Å². The second-order valence-corrected chi connectivity index (χ2v) is 6.01. The summed E-state index contributed by atoms with van der Waals surface area (Å²) in [6, 6.07) is 9.65. The number of nitrogens with zero attached hydrogens (tertiary/aromatic N) is 5. The highest BCUT2D eigenvalue weighted by Gasteiger charge is 2.20. The third kappa shape index (κ3) is 2.37. The van der Waals surface area contributed by atoms with E-state index in [2.05, 4.69) is 15.1 Å². The first kappa shape index (κ1) is 14.9. The number of aryl methyl sites for hydroxylation is 1. The van der Waals surface area contributed by atoms with Gasteiger partial charge in [0.15, 0.2) is 12.3 Å². The van der Waals surface area contributed by atoms with E-state index in [0.29, 0.717) is 5.69 Å². The molecule has 0 fully saturated rings. The topological polar surface area (TPSA) is 48.0 Å². The van der Waals surface area contributed by atoms with Crippen molar-refractivity contribution in [3.05, 3.63) is 60.3 Å². The minimum Gasteiger partial charge on any atom is -0.306 e. The number of aromatic nitrogens is 5. The molecule has 0 saturated heterocycles. The molecule has 0 bridgehead atoms. The standard InChI is InChI=1S/C17H14FN5S/c1-11-4-3-5-14(20-11)17-16(12(2)23(21-17)24-18)13-6-7-15-19-8-9-22(15)10-13/h3-10H,1-2H3. The second-order valence-electron chi connectivity index (χ2n) is 5.53. The summed E-state index contributed by atoms with van der Waals surface area (Å²) >= 11 is 0.0879. The van der Waals surface area contributed by atoms with Gasteiger partial charge in [-0.2, -0.15) is 9.19 Å². The first-order valence-corrected chi connectivity index (χ1v) is 8.10. The van der Waals surface area contributed by atoms with Gasteiger partial charge in [-0.3, -0.25) is 4.98 Å². The van der Waals surface area contributed by atoms with Crippen LogP contribution in [-0.2, 0) is 0 Å². The Labute approximate surface area is 142 Å². The Morgan fingerprint density at radius 3 is 2.79 bits per heavy atom. The van der Waals surface area contributed by atoms with Crippen molar-refractivity contribution >= 4 is 18.0 Å². The molecule has 0 atom stereocenters. The zero-order valence-electron chi connectivity index (χ0n) is 13.1. The second kappa shape index (κ2) is 5.76. The fraction of sp³-hybridized carbons (Fsp3) is 0.118. The molecule has 0 aromatic carbocycles. The summed E-state index contributed by atoms with van der Waals surface area (Å²) in [6.07, 6.45) is 5.60. The van der Waals surface area contributed by atoms with Crippen molar-refractivity contribution < 1.29 is 3.89 Å². The van der Waals surface area contributed by atoms with Gasteiger partial charge in [-0.05, 0) is 38.1 Å². The van der Waals surface area contributed by atoms with Crippen molar-refractivity contribution in [3.8, 4) is 22.5 Å². The Hall–Kier alpha value is -2.67. The van der Waals surface area contributed by atoms with E-state index < -0.39 is 0 Å². The average molecular weight is 339 g/mol. The van der Waals surface area contributed by atoms with Gasteiger partial charge in [-0.15, -0.1) is 3.89 Å². The molecule has 4 aromatic heterocycles. The van der Waals surface area contributed by atoms with Crippen molar-refractivity contribution in [2.75, 3.05) is 0 Å². The monoisotopic (exact) mass is 339 g/mol. The van der Waals surface area contributed by atoms with Crippen LogP contribution in [0, 0.1) is 13.8 Å². The largest absolute Gasteiger partial charge is 0.306 e. The molecule has 120 valence electrons. The highest BCUT2D eigenvalue weighted by molar-refractivity contribution is 7.92. The van der Waals surface area contributed by atoms with Crippen LogP contribution in [0.3, 0.4) is 0 Å². The Bertz CT molecular complexity index is 1040. The molecule has 0 N–H and O–H groups in total. The van der Waals surface area contributed by atoms with E-state index in [4.69, 9.17) is 0 Å². The normalized spacial score (nSPS) is 11.3. The van der Waals surface area contributed by atoms with Crippen LogP contribution in [0.5, 0.6) is 0 Å². The first-order valence-electron chi connectivity index (χ1n) is 7.43. The van der Waals surface area contributed by atoms with E-state index >= 15 is 0 Å². The molecule has 5 nitrogen and oxygen atoms in total. The maximum absolute atomic E-state index is 13.3. The predicted molar refractivity (Wildman–Crippen MR) is 93.2 cm³/mol. The van der Waals surface area contributed by atoms with Crippen LogP contribution in [0.15, 0.2) is 48.9 Å². The zero-order chi connectivity index (χ0) is 16.7. The quantitative estimate of drug-likeness (QED) is 0.560. The molecule has 0 amide bonds. The molecule has 0 aliphatic carbocycles. The number of fused-ring (bicyclic) bond motifs is 1. The lowest BCUT2D eigenvalue weighted by Crippen LogP contribution is -1.91. The fourth-order valence-electron chi connectivity index (χ4n) is 2.82. The van der Waals surface area contributed by atoms with Crippen LogP contribution >= 0.6 is 12.3 Å². The third-order valence-corrected chi connectivity index (χ3v) is 4.44. The molecule has 0 unspecified atom stereocenters. The lowest BCUT2D eigenvalue weighted by Gasteiger charge is -2.06. The molecule has 0 radical (unpaired) electrons. The summed E-state index contributed by atoms with van der Waals surface area (Å²) in [5, 5.41) is 4.40. The van der Waals surface area contributed by atoms with Gasteiger partial charge < -0.3 is 4.40 Å². The maximum Gasteiger partial charge on any atom is 0.187 e. The smallest absolute Gasteiger partial charge is 0.187 e. The number of pyridine rings is 2. The Kier molecular flexibility index (Phi) is 3.57. The molecular formula is C17H14FN5S. The number of hydrogen-bond donors (Lipinski definition) is 0. The van der Waals surface area contributed by atoms with E-state index in [1.807, 2.05) is 61.0 Å². The highest BCUT2D eigenvalue weighted by atomic mass is 32.2. The summed E-state index contributed by atoms with van der Waals surface area (Å²) in [5.74, 6) is 0. The molecule has 0 aliphatic rings. The molecule has 4 aromatic rings. The molecule has 24 heavy (non-hydrogen) atoms. The molecule has 7 heteroatoms. The Balaban J connectivity index is 1.97. The Morgan fingerprint density at radius 1 is 1.12 bits per heavy atom. The number of hydrogen-bond acceptors (Lipinski definition) is 4. The summed E-state index contributed by atoms with van der Waals surface area (Å²) in [7, 11) is 0. The van der Waals surface area contributed by atoms with Crippen molar-refractivity contribution in [1.29, 1.82) is 0 Å². The number of rotatable bonds is 3.